The Morgan fingerprint density at radius 1 is 1.29 bits per heavy atom. The second kappa shape index (κ2) is 7.10. The minimum atomic E-state index is -0.156. The molecular weight excluding hydrogens is 356 g/mol. The molecular formula is C21H30N4O3. The van der Waals surface area contributed by atoms with Crippen molar-refractivity contribution in [2.45, 2.75) is 58.6 Å². The first kappa shape index (κ1) is 19.3. The number of hydrogen-bond acceptors (Lipinski definition) is 5. The molecule has 1 aromatic rings. The van der Waals surface area contributed by atoms with Gasteiger partial charge >= 0.3 is 0 Å². The van der Waals surface area contributed by atoms with Crippen molar-refractivity contribution in [3.63, 3.8) is 0 Å². The maximum atomic E-state index is 12.2. The van der Waals surface area contributed by atoms with E-state index in [0.717, 1.165) is 25.9 Å². The van der Waals surface area contributed by atoms with Gasteiger partial charge in [0, 0.05) is 38.5 Å². The number of carbonyl (C=O) groups is 2. The Morgan fingerprint density at radius 3 is 2.75 bits per heavy atom. The van der Waals surface area contributed by atoms with E-state index in [4.69, 9.17) is 4.74 Å². The molecule has 1 spiro atoms. The molecule has 2 heterocycles. The summed E-state index contributed by atoms with van der Waals surface area (Å²) in [6, 6.07) is 0.198. The van der Waals surface area contributed by atoms with Crippen molar-refractivity contribution >= 4 is 11.8 Å². The van der Waals surface area contributed by atoms with Crippen molar-refractivity contribution in [3.8, 4) is 0 Å². The van der Waals surface area contributed by atoms with Gasteiger partial charge in [-0.05, 0) is 48.3 Å². The van der Waals surface area contributed by atoms with E-state index < -0.39 is 0 Å². The van der Waals surface area contributed by atoms with Gasteiger partial charge in [-0.25, -0.2) is 9.97 Å². The second-order valence-corrected chi connectivity index (χ2v) is 9.26. The number of aromatic nitrogens is 2. The van der Waals surface area contributed by atoms with Crippen LogP contribution in [0.1, 0.15) is 56.8 Å². The second-order valence-electron chi connectivity index (χ2n) is 9.26. The Balaban J connectivity index is 1.42. The lowest BCUT2D eigenvalue weighted by atomic mass is 9.59. The van der Waals surface area contributed by atoms with Crippen LogP contribution in [0.3, 0.4) is 0 Å². The molecule has 2 N–H and O–H groups in total. The van der Waals surface area contributed by atoms with Crippen LogP contribution < -0.4 is 10.6 Å². The van der Waals surface area contributed by atoms with Gasteiger partial charge < -0.3 is 15.4 Å². The molecule has 1 saturated heterocycles. The third-order valence-corrected chi connectivity index (χ3v) is 7.51. The van der Waals surface area contributed by atoms with Crippen LogP contribution in [-0.2, 0) is 9.53 Å². The molecule has 2 saturated carbocycles. The number of nitrogens with one attached hydrogen (secondary N) is 2. The third-order valence-electron chi connectivity index (χ3n) is 7.51. The van der Waals surface area contributed by atoms with Crippen LogP contribution in [0.2, 0.25) is 0 Å². The van der Waals surface area contributed by atoms with Gasteiger partial charge in [0.05, 0.1) is 11.7 Å². The van der Waals surface area contributed by atoms with Crippen LogP contribution in [0.15, 0.2) is 18.7 Å². The van der Waals surface area contributed by atoms with Crippen LogP contribution in [0.5, 0.6) is 0 Å². The number of amides is 2. The molecule has 1 aliphatic heterocycles. The molecule has 0 radical (unpaired) electrons. The summed E-state index contributed by atoms with van der Waals surface area (Å²) in [6.45, 7) is 7.50. The SMILES string of the molecule is CC(=O)N[C@H]1C(C)(C)[C@@H]2C[C@@H]3[C@@H](CCNC(=O)c4cncnc4)OCC[C@@]31C2. The molecule has 0 unspecified atom stereocenters. The lowest BCUT2D eigenvalue weighted by Crippen LogP contribution is -2.60. The standard InChI is InChI=1S/C21H30N4O3/c1-13(26)25-19-20(2,3)15-8-16-17(28-7-5-21(16,19)9-15)4-6-24-18(27)14-10-22-12-23-11-14/h10-12,15-17,19H,4-9H2,1-3H3,(H,24,27)(H,25,26)/t15-,16-,17-,19+,21-/m1/s1. The summed E-state index contributed by atoms with van der Waals surface area (Å²) >= 11 is 0. The minimum absolute atomic E-state index is 0.0548. The highest BCUT2D eigenvalue weighted by molar-refractivity contribution is 5.93. The molecule has 28 heavy (non-hydrogen) atoms. The highest BCUT2D eigenvalue weighted by Gasteiger charge is 2.68. The van der Waals surface area contributed by atoms with Gasteiger partial charge in [0.25, 0.3) is 5.91 Å². The smallest absolute Gasteiger partial charge is 0.254 e. The molecule has 7 nitrogen and oxygen atoms in total. The summed E-state index contributed by atoms with van der Waals surface area (Å²) in [4.78, 5) is 31.9. The van der Waals surface area contributed by atoms with Crippen molar-refractivity contribution < 1.29 is 14.3 Å². The minimum Gasteiger partial charge on any atom is -0.378 e. The highest BCUT2D eigenvalue weighted by Crippen LogP contribution is 2.68. The molecule has 5 atom stereocenters. The van der Waals surface area contributed by atoms with Crippen molar-refractivity contribution in [1.82, 2.24) is 20.6 Å². The van der Waals surface area contributed by atoms with E-state index in [-0.39, 0.29) is 34.8 Å². The molecule has 2 aliphatic carbocycles. The van der Waals surface area contributed by atoms with Crippen molar-refractivity contribution in [2.24, 2.45) is 22.7 Å². The van der Waals surface area contributed by atoms with Gasteiger partial charge in [-0.15, -0.1) is 0 Å². The van der Waals surface area contributed by atoms with Gasteiger partial charge in [-0.3, -0.25) is 9.59 Å². The maximum absolute atomic E-state index is 12.2. The van der Waals surface area contributed by atoms with Gasteiger partial charge in [-0.1, -0.05) is 13.8 Å². The van der Waals surface area contributed by atoms with Crippen molar-refractivity contribution in [1.29, 1.82) is 0 Å². The first-order valence-corrected chi connectivity index (χ1v) is 10.3. The zero-order valence-electron chi connectivity index (χ0n) is 16.9. The molecule has 4 rings (SSSR count). The van der Waals surface area contributed by atoms with E-state index in [1.165, 1.54) is 25.1 Å². The predicted molar refractivity (Wildman–Crippen MR) is 103 cm³/mol. The number of rotatable bonds is 5. The van der Waals surface area contributed by atoms with Crippen LogP contribution in [0.4, 0.5) is 0 Å². The Kier molecular flexibility index (Phi) is 4.89. The molecule has 7 heteroatoms. The third kappa shape index (κ3) is 3.09. The lowest BCUT2D eigenvalue weighted by molar-refractivity contribution is -0.135. The fourth-order valence-electron chi connectivity index (χ4n) is 6.24. The van der Waals surface area contributed by atoms with E-state index in [9.17, 15) is 9.59 Å². The average molecular weight is 386 g/mol. The Labute approximate surface area is 166 Å². The largest absolute Gasteiger partial charge is 0.378 e. The number of nitrogens with zero attached hydrogens (tertiary/aromatic N) is 2. The van der Waals surface area contributed by atoms with Crippen LogP contribution in [0, 0.1) is 22.7 Å². The molecule has 1 aromatic heterocycles. The molecule has 152 valence electrons. The zero-order chi connectivity index (χ0) is 19.9. The number of fused-ring (bicyclic) bond motifs is 1. The van der Waals surface area contributed by atoms with Gasteiger partial charge in [0.1, 0.15) is 6.33 Å². The number of hydrogen-bond donors (Lipinski definition) is 2. The molecule has 2 bridgehead atoms. The lowest BCUT2D eigenvalue weighted by Gasteiger charge is -2.53. The van der Waals surface area contributed by atoms with Gasteiger partial charge in [-0.2, -0.15) is 0 Å². The summed E-state index contributed by atoms with van der Waals surface area (Å²) in [6.07, 6.45) is 8.68. The van der Waals surface area contributed by atoms with Gasteiger partial charge in [0.15, 0.2) is 0 Å². The fraction of sp³-hybridized carbons (Fsp3) is 0.714. The van der Waals surface area contributed by atoms with E-state index in [1.54, 1.807) is 6.92 Å². The Hall–Kier alpha value is -2.02. The predicted octanol–water partition coefficient (Wildman–Crippen LogP) is 1.94. The summed E-state index contributed by atoms with van der Waals surface area (Å²) in [7, 11) is 0. The van der Waals surface area contributed by atoms with E-state index in [0.29, 0.717) is 23.9 Å². The maximum Gasteiger partial charge on any atom is 0.254 e. The van der Waals surface area contributed by atoms with Crippen LogP contribution in [-0.4, -0.2) is 47.1 Å². The normalized spacial score (nSPS) is 35.2. The quantitative estimate of drug-likeness (QED) is 0.807. The fourth-order valence-corrected chi connectivity index (χ4v) is 6.24. The summed E-state index contributed by atoms with van der Waals surface area (Å²) in [5.41, 5.74) is 0.710. The molecule has 3 fully saturated rings. The topological polar surface area (TPSA) is 93.2 Å². The molecule has 0 aromatic carbocycles. The number of ether oxygens (including phenoxy) is 1. The molecule has 2 amide bonds. The van der Waals surface area contributed by atoms with Crippen molar-refractivity contribution in [3.05, 3.63) is 24.3 Å². The Morgan fingerprint density at radius 2 is 2.04 bits per heavy atom. The Bertz CT molecular complexity index is 753. The van der Waals surface area contributed by atoms with Crippen LogP contribution in [0.25, 0.3) is 0 Å². The zero-order valence-corrected chi connectivity index (χ0v) is 16.9. The average Bonchev–Trinajstić information content (AvgIpc) is 3.16. The van der Waals surface area contributed by atoms with Crippen LogP contribution >= 0.6 is 0 Å². The summed E-state index contributed by atoms with van der Waals surface area (Å²) in [5.74, 6) is 0.943. The summed E-state index contributed by atoms with van der Waals surface area (Å²) in [5, 5.41) is 6.25. The first-order valence-electron chi connectivity index (χ1n) is 10.3. The van der Waals surface area contributed by atoms with E-state index in [1.807, 2.05) is 0 Å². The highest BCUT2D eigenvalue weighted by atomic mass is 16.5. The van der Waals surface area contributed by atoms with E-state index in [2.05, 4.69) is 34.4 Å². The number of carbonyl (C=O) groups excluding carboxylic acids is 2. The monoisotopic (exact) mass is 386 g/mol. The van der Waals surface area contributed by atoms with E-state index >= 15 is 0 Å². The van der Waals surface area contributed by atoms with Crippen molar-refractivity contribution in [2.75, 3.05) is 13.2 Å². The molecule has 3 aliphatic rings. The van der Waals surface area contributed by atoms with Gasteiger partial charge in [0.2, 0.25) is 5.91 Å². The summed E-state index contributed by atoms with van der Waals surface area (Å²) < 4.78 is 6.16. The first-order chi connectivity index (χ1) is 13.3.